The number of rotatable bonds is 10. The van der Waals surface area contributed by atoms with Gasteiger partial charge in [0.15, 0.2) is 0 Å². The van der Waals surface area contributed by atoms with Crippen molar-refractivity contribution in [1.82, 2.24) is 10.2 Å². The van der Waals surface area contributed by atoms with Crippen LogP contribution in [0.1, 0.15) is 95.0 Å². The largest absolute Gasteiger partial charge is 0.460 e. The van der Waals surface area contributed by atoms with Crippen molar-refractivity contribution in [2.75, 3.05) is 26.3 Å². The molecule has 0 radical (unpaired) electrons. The number of fused-ring (bicyclic) bond motifs is 1. The highest BCUT2D eigenvalue weighted by molar-refractivity contribution is 5.95. The summed E-state index contributed by atoms with van der Waals surface area (Å²) in [4.78, 5) is 27.9. The Kier molecular flexibility index (Phi) is 9.56. The molecule has 1 heterocycles. The molecule has 2 saturated carbocycles. The molecule has 4 rings (SSSR count). The molecule has 3 aliphatic rings. The average Bonchev–Trinajstić information content (AvgIpc) is 3.67. The maximum absolute atomic E-state index is 13.0. The first-order valence-corrected chi connectivity index (χ1v) is 14.7. The number of amides is 1. The Morgan fingerprint density at radius 2 is 1.82 bits per heavy atom. The molecule has 1 aliphatic heterocycles. The van der Waals surface area contributed by atoms with E-state index in [1.165, 1.54) is 24.5 Å². The predicted octanol–water partition coefficient (Wildman–Crippen LogP) is 4.30. The molecule has 6 nitrogen and oxygen atoms in total. The Bertz CT molecular complexity index is 1100. The number of aryl methyl sites for hydroxylation is 1. The van der Waals surface area contributed by atoms with E-state index in [0.29, 0.717) is 37.5 Å². The molecule has 1 N–H and O–H groups in total. The number of hydrogen-bond acceptors (Lipinski definition) is 5. The Balaban J connectivity index is 1.39. The van der Waals surface area contributed by atoms with Crippen LogP contribution in [0.3, 0.4) is 0 Å². The summed E-state index contributed by atoms with van der Waals surface area (Å²) >= 11 is 0. The summed E-state index contributed by atoms with van der Waals surface area (Å²) in [5.74, 6) is 1.59. The minimum Gasteiger partial charge on any atom is -0.460 e. The first kappa shape index (κ1) is 28.7. The lowest BCUT2D eigenvalue weighted by atomic mass is 9.79. The summed E-state index contributed by atoms with van der Waals surface area (Å²) < 4.78 is 11.3. The third-order valence-electron chi connectivity index (χ3n) is 8.04. The molecule has 2 fully saturated rings. The van der Waals surface area contributed by atoms with Gasteiger partial charge in [0.25, 0.3) is 5.91 Å². The Morgan fingerprint density at radius 3 is 2.55 bits per heavy atom. The second-order valence-electron chi connectivity index (χ2n) is 12.9. The van der Waals surface area contributed by atoms with Crippen molar-refractivity contribution in [3.8, 4) is 0 Å². The number of nitrogens with zero attached hydrogens (tertiary/aromatic N) is 1. The van der Waals surface area contributed by atoms with Gasteiger partial charge in [0, 0.05) is 43.9 Å². The monoisotopic (exact) mass is 524 g/mol. The van der Waals surface area contributed by atoms with E-state index in [0.717, 1.165) is 61.1 Å². The molecule has 3 unspecified atom stereocenters. The number of benzene rings is 1. The van der Waals surface area contributed by atoms with Crippen LogP contribution in [0.15, 0.2) is 12.1 Å². The van der Waals surface area contributed by atoms with E-state index in [1.54, 1.807) is 0 Å². The SMILES string of the molecule is Cc1cc2c(cc1C(=O)NCCOCC1CC1)=CN(CC1CCCC(CC(=O)OC(C)(C)C)C1)C(C)CC=2. The first-order chi connectivity index (χ1) is 18.1. The maximum Gasteiger partial charge on any atom is 0.306 e. The molecule has 0 spiro atoms. The Labute approximate surface area is 228 Å². The smallest absolute Gasteiger partial charge is 0.306 e. The van der Waals surface area contributed by atoms with Crippen molar-refractivity contribution < 1.29 is 19.1 Å². The normalized spacial score (nSPS) is 23.5. The minimum absolute atomic E-state index is 0.0326. The molecule has 0 saturated heterocycles. The van der Waals surface area contributed by atoms with E-state index in [4.69, 9.17) is 9.47 Å². The lowest BCUT2D eigenvalue weighted by molar-refractivity contribution is -0.156. The van der Waals surface area contributed by atoms with Crippen LogP contribution in [0.25, 0.3) is 12.3 Å². The van der Waals surface area contributed by atoms with Gasteiger partial charge >= 0.3 is 5.97 Å². The van der Waals surface area contributed by atoms with E-state index in [-0.39, 0.29) is 11.9 Å². The summed E-state index contributed by atoms with van der Waals surface area (Å²) in [5, 5.41) is 5.35. The minimum atomic E-state index is -0.427. The molecule has 38 heavy (non-hydrogen) atoms. The van der Waals surface area contributed by atoms with Crippen LogP contribution < -0.4 is 15.8 Å². The number of nitrogens with one attached hydrogen (secondary N) is 1. The van der Waals surface area contributed by atoms with Gasteiger partial charge in [-0.3, -0.25) is 9.59 Å². The van der Waals surface area contributed by atoms with Crippen molar-refractivity contribution in [2.45, 2.75) is 97.6 Å². The van der Waals surface area contributed by atoms with Gasteiger partial charge in [-0.25, -0.2) is 0 Å². The second-order valence-corrected chi connectivity index (χ2v) is 12.9. The molecular formula is C32H48N2O4. The second kappa shape index (κ2) is 12.7. The topological polar surface area (TPSA) is 67.9 Å². The molecule has 1 aromatic carbocycles. The third-order valence-corrected chi connectivity index (χ3v) is 8.04. The van der Waals surface area contributed by atoms with Gasteiger partial charge in [0.1, 0.15) is 5.60 Å². The lowest BCUT2D eigenvalue weighted by Gasteiger charge is -2.35. The van der Waals surface area contributed by atoms with E-state index in [2.05, 4.69) is 41.5 Å². The summed E-state index contributed by atoms with van der Waals surface area (Å²) in [5.41, 5.74) is 1.31. The van der Waals surface area contributed by atoms with Crippen LogP contribution in [0.4, 0.5) is 0 Å². The Hall–Kier alpha value is -2.34. The van der Waals surface area contributed by atoms with E-state index >= 15 is 0 Å². The van der Waals surface area contributed by atoms with E-state index in [1.807, 2.05) is 27.7 Å². The zero-order chi connectivity index (χ0) is 27.3. The third kappa shape index (κ3) is 8.59. The van der Waals surface area contributed by atoms with Crippen LogP contribution >= 0.6 is 0 Å². The summed E-state index contributed by atoms with van der Waals surface area (Å²) in [7, 11) is 0. The zero-order valence-corrected chi connectivity index (χ0v) is 24.2. The standard InChI is InChI=1S/C32H48N2O4/c1-22-15-27-12-9-23(2)34(19-26-8-6-7-25(16-26)17-30(35)38-32(3,4)5)20-28(27)18-29(22)31(36)33-13-14-37-21-24-10-11-24/h12,15,18,20,23-26H,6-11,13-14,16-17,19,21H2,1-5H3,(H,33,36). The molecule has 6 heteroatoms. The van der Waals surface area contributed by atoms with E-state index < -0.39 is 5.60 Å². The molecule has 1 amide bonds. The van der Waals surface area contributed by atoms with E-state index in [9.17, 15) is 9.59 Å². The van der Waals surface area contributed by atoms with Gasteiger partial charge in [-0.05, 0) is 113 Å². The average molecular weight is 525 g/mol. The van der Waals surface area contributed by atoms with Crippen LogP contribution in [-0.4, -0.2) is 54.7 Å². The van der Waals surface area contributed by atoms with Crippen molar-refractivity contribution in [3.63, 3.8) is 0 Å². The molecule has 210 valence electrons. The van der Waals surface area contributed by atoms with Gasteiger partial charge in [0.2, 0.25) is 0 Å². The summed E-state index contributed by atoms with van der Waals surface area (Å²) in [6, 6.07) is 4.59. The highest BCUT2D eigenvalue weighted by Crippen LogP contribution is 2.33. The molecule has 2 aliphatic carbocycles. The number of esters is 1. The number of hydrogen-bond donors (Lipinski definition) is 1. The van der Waals surface area contributed by atoms with Crippen molar-refractivity contribution in [3.05, 3.63) is 33.7 Å². The fourth-order valence-corrected chi connectivity index (χ4v) is 5.79. The molecule has 3 atom stereocenters. The lowest BCUT2D eigenvalue weighted by Crippen LogP contribution is -2.37. The fraction of sp³-hybridized carbons (Fsp3) is 0.688. The fourth-order valence-electron chi connectivity index (χ4n) is 5.79. The van der Waals surface area contributed by atoms with Crippen LogP contribution in [0.2, 0.25) is 0 Å². The summed E-state index contributed by atoms with van der Waals surface area (Å²) in [6.45, 7) is 13.0. The predicted molar refractivity (Wildman–Crippen MR) is 152 cm³/mol. The number of carbonyl (C=O) groups excluding carboxylic acids is 2. The van der Waals surface area contributed by atoms with Crippen molar-refractivity contribution in [2.24, 2.45) is 17.8 Å². The molecule has 1 aromatic rings. The van der Waals surface area contributed by atoms with Gasteiger partial charge < -0.3 is 19.7 Å². The molecular weight excluding hydrogens is 476 g/mol. The van der Waals surface area contributed by atoms with Gasteiger partial charge in [-0.1, -0.05) is 18.6 Å². The maximum atomic E-state index is 13.0. The van der Waals surface area contributed by atoms with Crippen molar-refractivity contribution in [1.29, 1.82) is 0 Å². The highest BCUT2D eigenvalue weighted by atomic mass is 16.6. The van der Waals surface area contributed by atoms with Gasteiger partial charge in [0.05, 0.1) is 6.61 Å². The number of carbonyl (C=O) groups is 2. The number of ether oxygens (including phenoxy) is 2. The highest BCUT2D eigenvalue weighted by Gasteiger charge is 2.28. The Morgan fingerprint density at radius 1 is 1.05 bits per heavy atom. The molecule has 0 aromatic heterocycles. The van der Waals surface area contributed by atoms with Crippen molar-refractivity contribution >= 4 is 24.2 Å². The first-order valence-electron chi connectivity index (χ1n) is 14.7. The van der Waals surface area contributed by atoms with Gasteiger partial charge in [-0.15, -0.1) is 0 Å². The summed E-state index contributed by atoms with van der Waals surface area (Å²) in [6.07, 6.45) is 13.1. The van der Waals surface area contributed by atoms with Gasteiger partial charge in [-0.2, -0.15) is 0 Å². The van der Waals surface area contributed by atoms with Crippen LogP contribution in [0.5, 0.6) is 0 Å². The van der Waals surface area contributed by atoms with Crippen LogP contribution in [0, 0.1) is 24.7 Å². The molecule has 0 bridgehead atoms. The van der Waals surface area contributed by atoms with Crippen LogP contribution in [-0.2, 0) is 14.3 Å². The zero-order valence-electron chi connectivity index (χ0n) is 24.2. The quantitative estimate of drug-likeness (QED) is 0.365.